The molecule has 0 unspecified atom stereocenters. The normalized spacial score (nSPS) is 9.43. The molecule has 0 heterocycles. The number of aliphatic carboxylic acids is 1. The topological polar surface area (TPSA) is 87.1 Å². The lowest BCUT2D eigenvalue weighted by molar-refractivity contribution is -0.136. The van der Waals surface area contributed by atoms with Gasteiger partial charge >= 0.3 is 5.97 Å². The number of hydrogen-bond donors (Lipinski definition) is 2. The summed E-state index contributed by atoms with van der Waals surface area (Å²) in [5, 5.41) is 17.4. The smallest absolute Gasteiger partial charge is 0.307 e. The van der Waals surface area contributed by atoms with Gasteiger partial charge in [-0.15, -0.1) is 0 Å². The second-order valence-electron chi connectivity index (χ2n) is 3.03. The van der Waals surface area contributed by atoms with Crippen LogP contribution in [0.4, 0.5) is 5.69 Å². The van der Waals surface area contributed by atoms with Crippen molar-refractivity contribution in [2.45, 2.75) is 13.3 Å². The van der Waals surface area contributed by atoms with Gasteiger partial charge in [0.25, 0.3) is 0 Å². The highest BCUT2D eigenvalue weighted by molar-refractivity contribution is 5.72. The molecule has 0 atom stereocenters. The van der Waals surface area contributed by atoms with Gasteiger partial charge in [-0.05, 0) is 30.2 Å². The van der Waals surface area contributed by atoms with E-state index in [-0.39, 0.29) is 6.42 Å². The first-order valence-corrected chi connectivity index (χ1v) is 4.05. The molecule has 0 aliphatic rings. The molecule has 72 valence electrons. The predicted molar refractivity (Wildman–Crippen MR) is 51.6 cm³/mol. The van der Waals surface area contributed by atoms with Gasteiger partial charge in [-0.25, -0.2) is 0 Å². The number of hydrogen-bond acceptors (Lipinski definition) is 3. The van der Waals surface area contributed by atoms with Crippen LogP contribution in [-0.2, 0) is 11.2 Å². The Hall–Kier alpha value is -2.02. The minimum absolute atomic E-state index is 0.106. The van der Waals surface area contributed by atoms with Crippen LogP contribution < -0.4 is 5.73 Å². The van der Waals surface area contributed by atoms with Crippen molar-refractivity contribution in [2.75, 3.05) is 5.73 Å². The third kappa shape index (κ3) is 2.02. The van der Waals surface area contributed by atoms with Gasteiger partial charge in [-0.2, -0.15) is 5.26 Å². The van der Waals surface area contributed by atoms with Crippen molar-refractivity contribution in [3.63, 3.8) is 0 Å². The van der Waals surface area contributed by atoms with E-state index in [4.69, 9.17) is 16.1 Å². The fourth-order valence-electron chi connectivity index (χ4n) is 1.26. The SMILES string of the molecule is Cc1c(C#N)cc(N)cc1CC(=O)O. The molecule has 1 aromatic rings. The van der Waals surface area contributed by atoms with E-state index >= 15 is 0 Å². The molecule has 4 heteroatoms. The molecule has 0 aromatic heterocycles. The Morgan fingerprint density at radius 1 is 1.64 bits per heavy atom. The van der Waals surface area contributed by atoms with Crippen molar-refractivity contribution in [3.05, 3.63) is 28.8 Å². The first-order valence-electron chi connectivity index (χ1n) is 4.05. The number of benzene rings is 1. The summed E-state index contributed by atoms with van der Waals surface area (Å²) < 4.78 is 0. The van der Waals surface area contributed by atoms with E-state index in [1.807, 2.05) is 6.07 Å². The van der Waals surface area contributed by atoms with Crippen molar-refractivity contribution in [2.24, 2.45) is 0 Å². The molecule has 1 aromatic carbocycles. The van der Waals surface area contributed by atoms with Crippen LogP contribution in [0.5, 0.6) is 0 Å². The molecule has 0 spiro atoms. The van der Waals surface area contributed by atoms with E-state index in [2.05, 4.69) is 0 Å². The molecule has 0 aliphatic carbocycles. The molecule has 0 bridgehead atoms. The molecule has 0 amide bonds. The molecule has 14 heavy (non-hydrogen) atoms. The molecule has 0 radical (unpaired) electrons. The Balaban J connectivity index is 3.23. The summed E-state index contributed by atoms with van der Waals surface area (Å²) in [5.74, 6) is -0.928. The maximum Gasteiger partial charge on any atom is 0.307 e. The zero-order valence-corrected chi connectivity index (χ0v) is 7.74. The van der Waals surface area contributed by atoms with Crippen molar-refractivity contribution in [3.8, 4) is 6.07 Å². The lowest BCUT2D eigenvalue weighted by Crippen LogP contribution is -2.04. The number of nitrogens with zero attached hydrogens (tertiary/aromatic N) is 1. The van der Waals surface area contributed by atoms with Gasteiger partial charge in [0.2, 0.25) is 0 Å². The Morgan fingerprint density at radius 3 is 2.79 bits per heavy atom. The molecule has 4 nitrogen and oxygen atoms in total. The standard InChI is InChI=1S/C10H10N2O2/c1-6-7(4-10(13)14)2-9(12)3-8(6)5-11/h2-3H,4,12H2,1H3,(H,13,14). The summed E-state index contributed by atoms with van der Waals surface area (Å²) >= 11 is 0. The zero-order chi connectivity index (χ0) is 10.7. The number of rotatable bonds is 2. The van der Waals surface area contributed by atoms with E-state index < -0.39 is 5.97 Å². The van der Waals surface area contributed by atoms with Gasteiger partial charge < -0.3 is 10.8 Å². The predicted octanol–water partition coefficient (Wildman–Crippen LogP) is 1.08. The van der Waals surface area contributed by atoms with Crippen LogP contribution in [0, 0.1) is 18.3 Å². The quantitative estimate of drug-likeness (QED) is 0.683. The largest absolute Gasteiger partial charge is 0.481 e. The maximum absolute atomic E-state index is 10.5. The van der Waals surface area contributed by atoms with Crippen molar-refractivity contribution in [1.29, 1.82) is 5.26 Å². The van der Waals surface area contributed by atoms with Crippen molar-refractivity contribution < 1.29 is 9.90 Å². The minimum atomic E-state index is -0.928. The lowest BCUT2D eigenvalue weighted by Gasteiger charge is -2.06. The highest BCUT2D eigenvalue weighted by atomic mass is 16.4. The average molecular weight is 190 g/mol. The van der Waals surface area contributed by atoms with Gasteiger partial charge in [0, 0.05) is 5.69 Å². The number of anilines is 1. The van der Waals surface area contributed by atoms with E-state index in [0.717, 1.165) is 0 Å². The first-order chi connectivity index (χ1) is 6.54. The third-order valence-electron chi connectivity index (χ3n) is 2.00. The van der Waals surface area contributed by atoms with Gasteiger partial charge in [0.05, 0.1) is 18.1 Å². The molecule has 0 aliphatic heterocycles. The Kier molecular flexibility index (Phi) is 2.73. The van der Waals surface area contributed by atoms with Crippen LogP contribution in [0.15, 0.2) is 12.1 Å². The number of carboxylic acid groups (broad SMARTS) is 1. The first kappa shape index (κ1) is 10.1. The molecule has 0 saturated heterocycles. The van der Waals surface area contributed by atoms with E-state index in [1.165, 1.54) is 0 Å². The molecule has 1 rings (SSSR count). The molecular formula is C10H10N2O2. The molecule has 0 saturated carbocycles. The van der Waals surface area contributed by atoms with Crippen molar-refractivity contribution >= 4 is 11.7 Å². The van der Waals surface area contributed by atoms with Crippen LogP contribution in [-0.4, -0.2) is 11.1 Å². The molecule has 3 N–H and O–H groups in total. The Bertz CT molecular complexity index is 419. The molecular weight excluding hydrogens is 180 g/mol. The summed E-state index contributed by atoms with van der Waals surface area (Å²) in [6.07, 6.45) is -0.106. The summed E-state index contributed by atoms with van der Waals surface area (Å²) in [5.41, 5.74) is 7.66. The fourth-order valence-corrected chi connectivity index (χ4v) is 1.26. The second kappa shape index (κ2) is 3.79. The Labute approximate surface area is 81.6 Å². The van der Waals surface area contributed by atoms with E-state index in [0.29, 0.717) is 22.4 Å². The highest BCUT2D eigenvalue weighted by Gasteiger charge is 2.08. The third-order valence-corrected chi connectivity index (χ3v) is 2.00. The Morgan fingerprint density at radius 2 is 2.29 bits per heavy atom. The highest BCUT2D eigenvalue weighted by Crippen LogP contribution is 2.18. The van der Waals surface area contributed by atoms with Gasteiger partial charge in [-0.1, -0.05) is 0 Å². The van der Waals surface area contributed by atoms with Crippen LogP contribution >= 0.6 is 0 Å². The van der Waals surface area contributed by atoms with E-state index in [1.54, 1.807) is 19.1 Å². The minimum Gasteiger partial charge on any atom is -0.481 e. The van der Waals surface area contributed by atoms with Crippen LogP contribution in [0.2, 0.25) is 0 Å². The van der Waals surface area contributed by atoms with Crippen LogP contribution in [0.25, 0.3) is 0 Å². The molecule has 0 fully saturated rings. The number of carboxylic acids is 1. The summed E-state index contributed by atoms with van der Waals surface area (Å²) in [6.45, 7) is 1.72. The summed E-state index contributed by atoms with van der Waals surface area (Å²) in [6, 6.07) is 5.11. The zero-order valence-electron chi connectivity index (χ0n) is 7.74. The number of carbonyl (C=O) groups is 1. The van der Waals surface area contributed by atoms with Gasteiger partial charge in [-0.3, -0.25) is 4.79 Å². The van der Waals surface area contributed by atoms with Crippen LogP contribution in [0.1, 0.15) is 16.7 Å². The summed E-state index contributed by atoms with van der Waals surface area (Å²) in [4.78, 5) is 10.5. The average Bonchev–Trinajstić information content (AvgIpc) is 2.09. The van der Waals surface area contributed by atoms with Crippen LogP contribution in [0.3, 0.4) is 0 Å². The maximum atomic E-state index is 10.5. The van der Waals surface area contributed by atoms with Gasteiger partial charge in [0.15, 0.2) is 0 Å². The fraction of sp³-hybridized carbons (Fsp3) is 0.200. The number of nitriles is 1. The second-order valence-corrected chi connectivity index (χ2v) is 3.03. The monoisotopic (exact) mass is 190 g/mol. The number of nitrogen functional groups attached to an aromatic ring is 1. The van der Waals surface area contributed by atoms with Gasteiger partial charge in [0.1, 0.15) is 0 Å². The lowest BCUT2D eigenvalue weighted by atomic mass is 10.00. The summed E-state index contributed by atoms with van der Waals surface area (Å²) in [7, 11) is 0. The number of nitrogens with two attached hydrogens (primary N) is 1. The van der Waals surface area contributed by atoms with Crippen molar-refractivity contribution in [1.82, 2.24) is 0 Å². The van der Waals surface area contributed by atoms with E-state index in [9.17, 15) is 4.79 Å².